The Kier molecular flexibility index (Phi) is 3.99. The number of piperidine rings is 1. The summed E-state index contributed by atoms with van der Waals surface area (Å²) in [7, 11) is 1.70. The van der Waals surface area contributed by atoms with Gasteiger partial charge in [0.25, 0.3) is 0 Å². The van der Waals surface area contributed by atoms with Crippen LogP contribution in [0.2, 0.25) is 0 Å². The van der Waals surface area contributed by atoms with E-state index < -0.39 is 0 Å². The van der Waals surface area contributed by atoms with Gasteiger partial charge in [0.2, 0.25) is 0 Å². The van der Waals surface area contributed by atoms with Crippen LogP contribution in [0.1, 0.15) is 33.1 Å². The second kappa shape index (κ2) is 5.52. The minimum absolute atomic E-state index is 0.0894. The van der Waals surface area contributed by atoms with E-state index in [1.165, 1.54) is 5.69 Å². The summed E-state index contributed by atoms with van der Waals surface area (Å²) in [6.07, 6.45) is 2.83. The van der Waals surface area contributed by atoms with Gasteiger partial charge in [0.15, 0.2) is 0 Å². The molecule has 1 aliphatic heterocycles. The number of anilines is 1. The third-order valence-electron chi connectivity index (χ3n) is 4.02. The van der Waals surface area contributed by atoms with Gasteiger partial charge in [0.1, 0.15) is 5.75 Å². The van der Waals surface area contributed by atoms with Crippen molar-refractivity contribution in [3.8, 4) is 11.8 Å². The van der Waals surface area contributed by atoms with Gasteiger partial charge in [0.05, 0.1) is 13.2 Å². The Morgan fingerprint density at radius 2 is 2.26 bits per heavy atom. The highest BCUT2D eigenvalue weighted by molar-refractivity contribution is 5.53. The minimum Gasteiger partial charge on any atom is -0.497 e. The van der Waals surface area contributed by atoms with E-state index in [0.29, 0.717) is 12.3 Å². The maximum absolute atomic E-state index is 8.86. The van der Waals surface area contributed by atoms with E-state index in [2.05, 4.69) is 36.9 Å². The van der Waals surface area contributed by atoms with Crippen LogP contribution in [0.4, 0.5) is 5.69 Å². The Hall–Kier alpha value is -1.69. The third-order valence-corrected chi connectivity index (χ3v) is 4.02. The lowest BCUT2D eigenvalue weighted by molar-refractivity contribution is 0.276. The number of hydrogen-bond donors (Lipinski definition) is 0. The van der Waals surface area contributed by atoms with Crippen LogP contribution < -0.4 is 9.64 Å². The lowest BCUT2D eigenvalue weighted by Crippen LogP contribution is -2.50. The Labute approximate surface area is 115 Å². The second-order valence-electron chi connectivity index (χ2n) is 5.89. The molecule has 2 rings (SSSR count). The van der Waals surface area contributed by atoms with Crippen molar-refractivity contribution >= 4 is 5.69 Å². The van der Waals surface area contributed by atoms with Crippen LogP contribution in [0.5, 0.6) is 5.75 Å². The van der Waals surface area contributed by atoms with E-state index in [4.69, 9.17) is 10.00 Å². The van der Waals surface area contributed by atoms with Crippen molar-refractivity contribution in [1.82, 2.24) is 0 Å². The topological polar surface area (TPSA) is 36.3 Å². The maximum atomic E-state index is 8.86. The molecule has 0 amide bonds. The molecule has 3 nitrogen and oxygen atoms in total. The summed E-state index contributed by atoms with van der Waals surface area (Å²) in [5, 5.41) is 8.86. The highest BCUT2D eigenvalue weighted by Crippen LogP contribution is 2.37. The van der Waals surface area contributed by atoms with E-state index >= 15 is 0 Å². The Morgan fingerprint density at radius 1 is 1.47 bits per heavy atom. The first-order chi connectivity index (χ1) is 9.06. The van der Waals surface area contributed by atoms with Crippen LogP contribution in [-0.2, 0) is 0 Å². The number of ether oxygens (including phenoxy) is 1. The number of nitriles is 1. The summed E-state index contributed by atoms with van der Waals surface area (Å²) in [5.41, 5.74) is 1.30. The first-order valence-electron chi connectivity index (χ1n) is 6.85. The van der Waals surface area contributed by atoms with Crippen LogP contribution >= 0.6 is 0 Å². The van der Waals surface area contributed by atoms with E-state index in [-0.39, 0.29) is 5.54 Å². The van der Waals surface area contributed by atoms with Crippen LogP contribution in [0.3, 0.4) is 0 Å². The van der Waals surface area contributed by atoms with Crippen molar-refractivity contribution in [1.29, 1.82) is 5.26 Å². The standard InChI is InChI=1S/C16H22N2O/c1-16(2)12-13(7-9-17)8-10-18(16)14-5-4-6-15(11-14)19-3/h4-6,11,13H,7-8,10,12H2,1-3H3. The number of benzene rings is 1. The fourth-order valence-corrected chi connectivity index (χ4v) is 3.09. The highest BCUT2D eigenvalue weighted by Gasteiger charge is 2.34. The van der Waals surface area contributed by atoms with E-state index in [1.54, 1.807) is 7.11 Å². The first kappa shape index (κ1) is 13.7. The molecule has 1 aromatic rings. The van der Waals surface area contributed by atoms with Crippen LogP contribution in [0, 0.1) is 17.2 Å². The van der Waals surface area contributed by atoms with E-state index in [0.717, 1.165) is 25.1 Å². The Bertz CT molecular complexity index is 476. The molecule has 19 heavy (non-hydrogen) atoms. The predicted octanol–water partition coefficient (Wildman–Crippen LogP) is 3.60. The molecule has 3 heteroatoms. The molecule has 1 saturated heterocycles. The average Bonchev–Trinajstić information content (AvgIpc) is 2.38. The second-order valence-corrected chi connectivity index (χ2v) is 5.89. The molecule has 102 valence electrons. The lowest BCUT2D eigenvalue weighted by Gasteiger charge is -2.47. The fraction of sp³-hybridized carbons (Fsp3) is 0.562. The number of nitrogens with zero attached hydrogens (tertiary/aromatic N) is 2. The van der Waals surface area contributed by atoms with E-state index in [1.807, 2.05) is 12.1 Å². The van der Waals surface area contributed by atoms with Gasteiger partial charge in [-0.3, -0.25) is 0 Å². The molecule has 0 bridgehead atoms. The van der Waals surface area contributed by atoms with Gasteiger partial charge in [-0.1, -0.05) is 6.07 Å². The van der Waals surface area contributed by atoms with E-state index in [9.17, 15) is 0 Å². The molecule has 1 aliphatic rings. The summed E-state index contributed by atoms with van der Waals surface area (Å²) in [6, 6.07) is 10.5. The molecule has 1 atom stereocenters. The van der Waals surface area contributed by atoms with Gasteiger partial charge in [-0.15, -0.1) is 0 Å². The largest absolute Gasteiger partial charge is 0.497 e. The van der Waals surface area contributed by atoms with Gasteiger partial charge in [0, 0.05) is 30.3 Å². The molecule has 1 unspecified atom stereocenters. The highest BCUT2D eigenvalue weighted by atomic mass is 16.5. The zero-order chi connectivity index (χ0) is 13.9. The molecular weight excluding hydrogens is 236 g/mol. The molecule has 0 aromatic heterocycles. The molecule has 0 N–H and O–H groups in total. The average molecular weight is 258 g/mol. The SMILES string of the molecule is COc1cccc(N2CCC(CC#N)CC2(C)C)c1. The van der Waals surface area contributed by atoms with Crippen molar-refractivity contribution in [2.75, 3.05) is 18.6 Å². The molecular formula is C16H22N2O. The number of rotatable bonds is 3. The summed E-state index contributed by atoms with van der Waals surface area (Å²) in [6.45, 7) is 5.53. The number of hydrogen-bond acceptors (Lipinski definition) is 3. The summed E-state index contributed by atoms with van der Waals surface area (Å²) in [5.74, 6) is 1.43. The maximum Gasteiger partial charge on any atom is 0.120 e. The van der Waals surface area contributed by atoms with Crippen molar-refractivity contribution in [3.05, 3.63) is 24.3 Å². The van der Waals surface area contributed by atoms with Gasteiger partial charge in [-0.05, 0) is 44.7 Å². The van der Waals surface area contributed by atoms with Gasteiger partial charge >= 0.3 is 0 Å². The molecule has 0 aliphatic carbocycles. The zero-order valence-electron chi connectivity index (χ0n) is 12.0. The third kappa shape index (κ3) is 3.01. The summed E-state index contributed by atoms with van der Waals surface area (Å²) in [4.78, 5) is 2.43. The Morgan fingerprint density at radius 3 is 2.89 bits per heavy atom. The van der Waals surface area contributed by atoms with Gasteiger partial charge in [-0.25, -0.2) is 0 Å². The molecule has 1 heterocycles. The Balaban J connectivity index is 2.18. The fourth-order valence-electron chi connectivity index (χ4n) is 3.09. The van der Waals surface area contributed by atoms with Crippen molar-refractivity contribution in [3.63, 3.8) is 0 Å². The monoisotopic (exact) mass is 258 g/mol. The molecule has 0 radical (unpaired) electrons. The summed E-state index contributed by atoms with van der Waals surface area (Å²) < 4.78 is 5.30. The van der Waals surface area contributed by atoms with Crippen LogP contribution in [0.25, 0.3) is 0 Å². The van der Waals surface area contributed by atoms with Crippen LogP contribution in [-0.4, -0.2) is 19.2 Å². The summed E-state index contributed by atoms with van der Waals surface area (Å²) >= 11 is 0. The predicted molar refractivity (Wildman–Crippen MR) is 77.4 cm³/mol. The number of methoxy groups -OCH3 is 1. The normalized spacial score (nSPS) is 21.8. The van der Waals surface area contributed by atoms with Crippen molar-refractivity contribution in [2.45, 2.75) is 38.6 Å². The molecule has 0 spiro atoms. The zero-order valence-corrected chi connectivity index (χ0v) is 12.0. The molecule has 1 fully saturated rings. The van der Waals surface area contributed by atoms with Gasteiger partial charge in [-0.2, -0.15) is 5.26 Å². The quantitative estimate of drug-likeness (QED) is 0.831. The molecule has 1 aromatic carbocycles. The minimum atomic E-state index is 0.0894. The van der Waals surface area contributed by atoms with Gasteiger partial charge < -0.3 is 9.64 Å². The molecule has 0 saturated carbocycles. The van der Waals surface area contributed by atoms with Crippen molar-refractivity contribution < 1.29 is 4.74 Å². The lowest BCUT2D eigenvalue weighted by atomic mass is 9.81. The van der Waals surface area contributed by atoms with Crippen molar-refractivity contribution in [2.24, 2.45) is 5.92 Å². The van der Waals surface area contributed by atoms with Crippen LogP contribution in [0.15, 0.2) is 24.3 Å². The smallest absolute Gasteiger partial charge is 0.120 e. The first-order valence-corrected chi connectivity index (χ1v) is 6.85.